The van der Waals surface area contributed by atoms with E-state index in [4.69, 9.17) is 4.98 Å². The van der Waals surface area contributed by atoms with E-state index < -0.39 is 11.9 Å². The topological polar surface area (TPSA) is 133 Å². The number of carbonyl (C=O) groups excluding carboxylic acids is 3. The van der Waals surface area contributed by atoms with E-state index >= 15 is 0 Å². The van der Waals surface area contributed by atoms with E-state index in [9.17, 15) is 24.3 Å². The number of aromatic nitrogens is 2. The van der Waals surface area contributed by atoms with Gasteiger partial charge in [-0.25, -0.2) is 9.97 Å². The lowest BCUT2D eigenvalue weighted by molar-refractivity contribution is -0.142. The Bertz CT molecular complexity index is 1570. The standard InChI is InChI=1S/C34H39N5O5S/c1-21(40)36-24-13-14-26(22-7-2-3-8-22)28(17-32(42)43)33(44)39(19-24)34-37-29(20-45-34)27-10-5-4-9-25(27)23-12-15-30(35-18-23)38-16-6-11-31(38)41/h4-5,9-10,12,15,18,20,22,24,26,28H,2-3,6-8,11,13-14,16-17,19H2,1H3,(H,36,40)(H,42,43)/t24-,26-,28+/m1/s1. The number of benzene rings is 1. The largest absolute Gasteiger partial charge is 0.481 e. The van der Waals surface area contributed by atoms with Crippen LogP contribution in [-0.2, 0) is 19.2 Å². The summed E-state index contributed by atoms with van der Waals surface area (Å²) in [5.41, 5.74) is 3.36. The number of hydrogen-bond acceptors (Lipinski definition) is 7. The lowest BCUT2D eigenvalue weighted by Crippen LogP contribution is -2.51. The number of carboxylic acids is 1. The van der Waals surface area contributed by atoms with Crippen LogP contribution in [0.4, 0.5) is 10.9 Å². The lowest BCUT2D eigenvalue weighted by Gasteiger charge is -2.38. The summed E-state index contributed by atoms with van der Waals surface area (Å²) in [6.45, 7) is 2.40. The van der Waals surface area contributed by atoms with Crippen molar-refractivity contribution in [3.63, 3.8) is 0 Å². The van der Waals surface area contributed by atoms with E-state index in [2.05, 4.69) is 10.3 Å². The number of aliphatic carboxylic acids is 1. The lowest BCUT2D eigenvalue weighted by atomic mass is 9.74. The Morgan fingerprint density at radius 3 is 2.44 bits per heavy atom. The average Bonchev–Trinajstić information content (AvgIpc) is 3.81. The number of pyridine rings is 1. The Balaban J connectivity index is 1.32. The summed E-state index contributed by atoms with van der Waals surface area (Å²) in [7, 11) is 0. The fraction of sp³-hybridized carbons (Fsp3) is 0.471. The fourth-order valence-electron chi connectivity index (χ4n) is 7.40. The molecule has 236 valence electrons. The van der Waals surface area contributed by atoms with Gasteiger partial charge in [-0.05, 0) is 48.8 Å². The Labute approximate surface area is 266 Å². The number of anilines is 2. The van der Waals surface area contributed by atoms with Gasteiger partial charge in [0, 0.05) is 55.2 Å². The van der Waals surface area contributed by atoms with Crippen molar-refractivity contribution in [2.75, 3.05) is 22.9 Å². The number of hydrogen-bond donors (Lipinski definition) is 2. The van der Waals surface area contributed by atoms with Gasteiger partial charge in [-0.2, -0.15) is 0 Å². The summed E-state index contributed by atoms with van der Waals surface area (Å²) in [6.07, 6.45) is 8.51. The zero-order chi connectivity index (χ0) is 31.5. The summed E-state index contributed by atoms with van der Waals surface area (Å²) in [4.78, 5) is 63.5. The summed E-state index contributed by atoms with van der Waals surface area (Å²) < 4.78 is 0. The Morgan fingerprint density at radius 2 is 1.78 bits per heavy atom. The van der Waals surface area contributed by atoms with Crippen molar-refractivity contribution in [1.29, 1.82) is 0 Å². The van der Waals surface area contributed by atoms with E-state index in [-0.39, 0.29) is 42.6 Å². The molecule has 0 bridgehead atoms. The minimum absolute atomic E-state index is 0.0540. The SMILES string of the molecule is CC(=O)N[C@@H]1CC[C@H](C2CCCC2)[C@H](CC(=O)O)C(=O)N(c2nc(-c3ccccc3-c3ccc(N4CCCC4=O)nc3)cs2)C1. The molecule has 6 rings (SSSR count). The van der Waals surface area contributed by atoms with Crippen LogP contribution in [-0.4, -0.2) is 57.9 Å². The fourth-order valence-corrected chi connectivity index (χ4v) is 8.24. The van der Waals surface area contributed by atoms with Crippen molar-refractivity contribution in [1.82, 2.24) is 15.3 Å². The monoisotopic (exact) mass is 629 g/mol. The third kappa shape index (κ3) is 6.78. The Morgan fingerprint density at radius 1 is 1.00 bits per heavy atom. The van der Waals surface area contributed by atoms with Gasteiger partial charge in [0.05, 0.1) is 18.0 Å². The van der Waals surface area contributed by atoms with Gasteiger partial charge in [-0.3, -0.25) is 29.0 Å². The zero-order valence-corrected chi connectivity index (χ0v) is 26.3. The van der Waals surface area contributed by atoms with Crippen LogP contribution in [0.15, 0.2) is 48.0 Å². The van der Waals surface area contributed by atoms with E-state index in [1.54, 1.807) is 16.0 Å². The van der Waals surface area contributed by atoms with Crippen LogP contribution >= 0.6 is 11.3 Å². The van der Waals surface area contributed by atoms with E-state index in [0.717, 1.165) is 48.8 Å². The maximum absolute atomic E-state index is 14.3. The highest BCUT2D eigenvalue weighted by molar-refractivity contribution is 7.14. The summed E-state index contributed by atoms with van der Waals surface area (Å²) in [6, 6.07) is 11.4. The van der Waals surface area contributed by atoms with Crippen LogP contribution in [0.2, 0.25) is 0 Å². The smallest absolute Gasteiger partial charge is 0.304 e. The predicted octanol–water partition coefficient (Wildman–Crippen LogP) is 5.53. The third-order valence-corrected chi connectivity index (χ3v) is 10.4. The molecule has 3 aromatic rings. The van der Waals surface area contributed by atoms with Gasteiger partial charge in [-0.1, -0.05) is 49.9 Å². The molecular weight excluding hydrogens is 590 g/mol. The molecule has 2 N–H and O–H groups in total. The molecule has 1 aliphatic carbocycles. The third-order valence-electron chi connectivity index (χ3n) is 9.49. The molecule has 11 heteroatoms. The molecule has 1 aromatic carbocycles. The molecular formula is C34H39N5O5S. The summed E-state index contributed by atoms with van der Waals surface area (Å²) in [5.74, 6) is -1.02. The number of rotatable bonds is 8. The van der Waals surface area contributed by atoms with E-state index in [1.807, 2.05) is 41.8 Å². The molecule has 3 atom stereocenters. The molecule has 0 radical (unpaired) electrons. The predicted molar refractivity (Wildman–Crippen MR) is 173 cm³/mol. The molecule has 45 heavy (non-hydrogen) atoms. The normalized spacial score (nSPS) is 22.8. The molecule has 2 aliphatic heterocycles. The van der Waals surface area contributed by atoms with Gasteiger partial charge in [-0.15, -0.1) is 11.3 Å². The molecule has 4 heterocycles. The number of amides is 3. The van der Waals surface area contributed by atoms with Crippen LogP contribution in [0.25, 0.3) is 22.4 Å². The maximum atomic E-state index is 14.3. The minimum atomic E-state index is -0.974. The van der Waals surface area contributed by atoms with Crippen molar-refractivity contribution in [3.05, 3.63) is 48.0 Å². The minimum Gasteiger partial charge on any atom is -0.481 e. The van der Waals surface area contributed by atoms with Crippen LogP contribution in [0.5, 0.6) is 0 Å². The van der Waals surface area contributed by atoms with Crippen molar-refractivity contribution in [2.45, 2.75) is 70.8 Å². The van der Waals surface area contributed by atoms with E-state index in [0.29, 0.717) is 48.4 Å². The van der Waals surface area contributed by atoms with Crippen LogP contribution in [0.3, 0.4) is 0 Å². The highest BCUT2D eigenvalue weighted by Crippen LogP contribution is 2.42. The molecule has 1 saturated carbocycles. The number of carbonyl (C=O) groups is 4. The Hall–Kier alpha value is -4.12. The first kappa shape index (κ1) is 30.9. The zero-order valence-electron chi connectivity index (χ0n) is 25.5. The van der Waals surface area contributed by atoms with E-state index in [1.165, 1.54) is 18.3 Å². The van der Waals surface area contributed by atoms with Gasteiger partial charge < -0.3 is 10.4 Å². The van der Waals surface area contributed by atoms with Gasteiger partial charge in [0.25, 0.3) is 0 Å². The van der Waals surface area contributed by atoms with Crippen molar-refractivity contribution < 1.29 is 24.3 Å². The molecule has 0 unspecified atom stereocenters. The first-order valence-electron chi connectivity index (χ1n) is 15.9. The average molecular weight is 630 g/mol. The van der Waals surface area contributed by atoms with Gasteiger partial charge >= 0.3 is 5.97 Å². The maximum Gasteiger partial charge on any atom is 0.304 e. The first-order chi connectivity index (χ1) is 21.8. The summed E-state index contributed by atoms with van der Waals surface area (Å²) in [5, 5.41) is 15.3. The van der Waals surface area contributed by atoms with Gasteiger partial charge in [0.1, 0.15) is 5.82 Å². The second-order valence-corrected chi connectivity index (χ2v) is 13.3. The number of carboxylic acid groups (broad SMARTS) is 1. The number of thiazole rings is 1. The second kappa shape index (κ2) is 13.5. The highest BCUT2D eigenvalue weighted by atomic mass is 32.1. The van der Waals surface area contributed by atoms with Crippen molar-refractivity contribution in [3.8, 4) is 22.4 Å². The number of nitrogens with one attached hydrogen (secondary N) is 1. The molecule has 2 saturated heterocycles. The van der Waals surface area contributed by atoms with Gasteiger partial charge in [0.2, 0.25) is 17.7 Å². The van der Waals surface area contributed by atoms with Crippen LogP contribution in [0.1, 0.15) is 64.7 Å². The molecule has 3 amide bonds. The van der Waals surface area contributed by atoms with Crippen molar-refractivity contribution >= 4 is 46.0 Å². The quantitative estimate of drug-likeness (QED) is 0.335. The Kier molecular flexibility index (Phi) is 9.25. The highest BCUT2D eigenvalue weighted by Gasteiger charge is 2.42. The molecule has 3 fully saturated rings. The van der Waals surface area contributed by atoms with Crippen LogP contribution < -0.4 is 15.1 Å². The van der Waals surface area contributed by atoms with Crippen LogP contribution in [0, 0.1) is 17.8 Å². The molecule has 2 aromatic heterocycles. The number of nitrogens with zero attached hydrogens (tertiary/aromatic N) is 4. The molecule has 10 nitrogen and oxygen atoms in total. The molecule has 0 spiro atoms. The van der Waals surface area contributed by atoms with Gasteiger partial charge in [0.15, 0.2) is 5.13 Å². The first-order valence-corrected chi connectivity index (χ1v) is 16.8. The molecule has 3 aliphatic rings. The van der Waals surface area contributed by atoms with Crippen molar-refractivity contribution in [2.24, 2.45) is 17.8 Å². The second-order valence-electron chi connectivity index (χ2n) is 12.5. The summed E-state index contributed by atoms with van der Waals surface area (Å²) >= 11 is 1.34.